The summed E-state index contributed by atoms with van der Waals surface area (Å²) < 4.78 is 37.3. The predicted octanol–water partition coefficient (Wildman–Crippen LogP) is 1.56. The van der Waals surface area contributed by atoms with Crippen LogP contribution in [0, 0.1) is 5.92 Å². The van der Waals surface area contributed by atoms with Crippen LogP contribution in [0.1, 0.15) is 55.5 Å². The Labute approximate surface area is 293 Å². The van der Waals surface area contributed by atoms with Crippen molar-refractivity contribution in [3.8, 4) is 0 Å². The Morgan fingerprint density at radius 2 is 1.62 bits per heavy atom. The average molecular weight is 714 g/mol. The number of hydrogen-bond donors (Lipinski definition) is 4. The van der Waals surface area contributed by atoms with E-state index in [4.69, 9.17) is 15.2 Å². The van der Waals surface area contributed by atoms with Crippen LogP contribution >= 0.6 is 0 Å². The van der Waals surface area contributed by atoms with Gasteiger partial charge in [0.15, 0.2) is 0 Å². The van der Waals surface area contributed by atoms with E-state index < -0.39 is 45.7 Å². The van der Waals surface area contributed by atoms with Crippen molar-refractivity contribution in [2.75, 3.05) is 39.0 Å². The summed E-state index contributed by atoms with van der Waals surface area (Å²) in [4.78, 5) is 54.7. The van der Waals surface area contributed by atoms with Gasteiger partial charge < -0.3 is 30.3 Å². The lowest BCUT2D eigenvalue weighted by Crippen LogP contribution is -2.54. The van der Waals surface area contributed by atoms with Crippen molar-refractivity contribution in [1.82, 2.24) is 25.3 Å². The van der Waals surface area contributed by atoms with E-state index in [0.29, 0.717) is 57.4 Å². The SMILES string of the molecule is CC(C)(COC(=O)c1ccccc1)OC(=O)NN=C(N)N1CCC(CNC(=O)[C@@H]2CCCN2C(=O)[C@@H](Cc2ccccc2)NS(C)(=O)=O)CC1. The molecule has 272 valence electrons. The Bertz CT molecular complexity index is 1610. The highest BCUT2D eigenvalue weighted by Crippen LogP contribution is 2.21. The van der Waals surface area contributed by atoms with Crippen molar-refractivity contribution >= 4 is 39.9 Å². The van der Waals surface area contributed by atoms with Gasteiger partial charge in [-0.2, -0.15) is 0 Å². The maximum atomic E-state index is 13.6. The second kappa shape index (κ2) is 17.3. The molecule has 2 aromatic carbocycles. The van der Waals surface area contributed by atoms with Gasteiger partial charge in [-0.15, -0.1) is 5.10 Å². The first kappa shape index (κ1) is 38.1. The van der Waals surface area contributed by atoms with E-state index in [-0.39, 0.29) is 30.8 Å². The van der Waals surface area contributed by atoms with Crippen LogP contribution in [0.5, 0.6) is 0 Å². The number of benzene rings is 2. The second-order valence-electron chi connectivity index (χ2n) is 13.2. The lowest BCUT2D eigenvalue weighted by Gasteiger charge is -2.33. The number of nitrogens with two attached hydrogens (primary N) is 1. The minimum atomic E-state index is -3.68. The molecule has 0 unspecified atom stereocenters. The van der Waals surface area contributed by atoms with Crippen LogP contribution in [0.3, 0.4) is 0 Å². The van der Waals surface area contributed by atoms with Crippen LogP contribution in [0.15, 0.2) is 65.8 Å². The molecule has 50 heavy (non-hydrogen) atoms. The van der Waals surface area contributed by atoms with Gasteiger partial charge in [-0.05, 0) is 69.6 Å². The maximum absolute atomic E-state index is 13.6. The molecule has 2 heterocycles. The highest BCUT2D eigenvalue weighted by atomic mass is 32.2. The van der Waals surface area contributed by atoms with E-state index in [9.17, 15) is 27.6 Å². The van der Waals surface area contributed by atoms with Crippen LogP contribution in [0.2, 0.25) is 0 Å². The number of hydrazone groups is 1. The smallest absolute Gasteiger partial charge is 0.428 e. The van der Waals surface area contributed by atoms with Crippen molar-refractivity contribution in [1.29, 1.82) is 0 Å². The summed E-state index contributed by atoms with van der Waals surface area (Å²) in [5.74, 6) is -0.963. The zero-order valence-corrected chi connectivity index (χ0v) is 29.5. The van der Waals surface area contributed by atoms with Crippen molar-refractivity contribution in [3.63, 3.8) is 0 Å². The van der Waals surface area contributed by atoms with Gasteiger partial charge in [0.05, 0.1) is 11.8 Å². The van der Waals surface area contributed by atoms with E-state index in [0.717, 1.165) is 11.8 Å². The number of piperidine rings is 1. The number of nitrogens with zero attached hydrogens (tertiary/aromatic N) is 3. The number of esters is 1. The standard InChI is InChI=1S/C34H47N7O8S/c1-34(2,23-48-31(44)26-13-8-5-9-14-26)49-33(45)38-37-32(35)40-19-16-25(17-20-40)22-36-29(42)28-15-10-18-41(28)30(43)27(39-50(3,46)47)21-24-11-6-4-7-12-24/h4-9,11-14,25,27-28,39H,10,15-23H2,1-3H3,(H2,35,37)(H,36,42)(H,38,45)/t27-,28+/m1/s1. The topological polar surface area (TPSA) is 202 Å². The summed E-state index contributed by atoms with van der Waals surface area (Å²) in [6.07, 6.45) is 2.85. The second-order valence-corrected chi connectivity index (χ2v) is 15.0. The molecule has 16 heteroatoms. The number of carbonyl (C=O) groups excluding carboxylic acids is 4. The fourth-order valence-corrected chi connectivity index (χ4v) is 6.59. The van der Waals surface area contributed by atoms with Gasteiger partial charge in [0.1, 0.15) is 24.3 Å². The number of amides is 3. The van der Waals surface area contributed by atoms with E-state index in [1.165, 1.54) is 4.90 Å². The number of ether oxygens (including phenoxy) is 2. The molecule has 2 aromatic rings. The highest BCUT2D eigenvalue weighted by molar-refractivity contribution is 7.88. The van der Waals surface area contributed by atoms with E-state index >= 15 is 0 Å². The summed E-state index contributed by atoms with van der Waals surface area (Å²) in [6, 6.07) is 15.9. The molecule has 0 aliphatic carbocycles. The van der Waals surface area contributed by atoms with Crippen LogP contribution in [0.4, 0.5) is 4.79 Å². The van der Waals surface area contributed by atoms with Crippen molar-refractivity contribution in [3.05, 3.63) is 71.8 Å². The largest absolute Gasteiger partial charge is 0.458 e. The highest BCUT2D eigenvalue weighted by Gasteiger charge is 2.38. The Morgan fingerprint density at radius 1 is 0.980 bits per heavy atom. The first-order chi connectivity index (χ1) is 23.7. The third-order valence-electron chi connectivity index (χ3n) is 8.47. The molecule has 4 rings (SSSR count). The Balaban J connectivity index is 1.20. The van der Waals surface area contributed by atoms with Gasteiger partial charge in [-0.3, -0.25) is 9.59 Å². The van der Waals surface area contributed by atoms with Crippen molar-refractivity contribution in [2.45, 2.75) is 63.6 Å². The number of sulfonamides is 1. The molecule has 2 aliphatic heterocycles. The molecule has 2 saturated heterocycles. The lowest BCUT2D eigenvalue weighted by atomic mass is 9.97. The van der Waals surface area contributed by atoms with E-state index in [1.807, 2.05) is 35.2 Å². The number of likely N-dealkylation sites (tertiary alicyclic amines) is 2. The molecule has 2 atom stereocenters. The maximum Gasteiger partial charge on any atom is 0.428 e. The Morgan fingerprint density at radius 3 is 2.26 bits per heavy atom. The molecule has 2 fully saturated rings. The fraction of sp³-hybridized carbons (Fsp3) is 0.500. The van der Waals surface area contributed by atoms with Crippen LogP contribution in [-0.4, -0.2) is 105 Å². The Hall–Kier alpha value is -4.70. The number of rotatable bonds is 13. The minimum Gasteiger partial charge on any atom is -0.458 e. The minimum absolute atomic E-state index is 0.102. The Kier molecular flexibility index (Phi) is 13.2. The summed E-state index contributed by atoms with van der Waals surface area (Å²) in [5, 5.41) is 6.94. The third-order valence-corrected chi connectivity index (χ3v) is 9.18. The zero-order valence-electron chi connectivity index (χ0n) is 28.7. The zero-order chi connectivity index (χ0) is 36.3. The summed E-state index contributed by atoms with van der Waals surface area (Å²) in [5.41, 5.74) is 8.46. The monoisotopic (exact) mass is 713 g/mol. The average Bonchev–Trinajstić information content (AvgIpc) is 3.58. The molecule has 5 N–H and O–H groups in total. The summed E-state index contributed by atoms with van der Waals surface area (Å²) >= 11 is 0. The predicted molar refractivity (Wildman–Crippen MR) is 186 cm³/mol. The first-order valence-electron chi connectivity index (χ1n) is 16.6. The van der Waals surface area contributed by atoms with Crippen molar-refractivity contribution < 1.29 is 37.1 Å². The van der Waals surface area contributed by atoms with Crippen LogP contribution in [0.25, 0.3) is 0 Å². The van der Waals surface area contributed by atoms with Gasteiger partial charge >= 0.3 is 12.1 Å². The normalized spacial score (nSPS) is 17.9. The first-order valence-corrected chi connectivity index (χ1v) is 18.5. The van der Waals surface area contributed by atoms with Crippen LogP contribution in [-0.2, 0) is 35.5 Å². The molecular formula is C34H47N7O8S. The van der Waals surface area contributed by atoms with Gasteiger partial charge in [0.25, 0.3) is 0 Å². The molecule has 0 saturated carbocycles. The van der Waals surface area contributed by atoms with Gasteiger partial charge in [-0.25, -0.2) is 28.2 Å². The fourth-order valence-electron chi connectivity index (χ4n) is 5.89. The molecule has 15 nitrogen and oxygen atoms in total. The molecule has 0 radical (unpaired) electrons. The van der Waals surface area contributed by atoms with Gasteiger partial charge in [0.2, 0.25) is 27.8 Å². The quantitative estimate of drug-likeness (QED) is 0.102. The molecule has 3 amide bonds. The summed E-state index contributed by atoms with van der Waals surface area (Å²) in [7, 11) is -3.68. The molecule has 0 bridgehead atoms. The van der Waals surface area contributed by atoms with Crippen LogP contribution < -0.4 is 21.2 Å². The lowest BCUT2D eigenvalue weighted by molar-refractivity contribution is -0.139. The third kappa shape index (κ3) is 11.7. The molecule has 0 aromatic heterocycles. The molecule has 2 aliphatic rings. The van der Waals surface area contributed by atoms with E-state index in [1.54, 1.807) is 44.2 Å². The number of carbonyl (C=O) groups is 4. The number of guanidine groups is 1. The van der Waals surface area contributed by atoms with E-state index in [2.05, 4.69) is 20.6 Å². The van der Waals surface area contributed by atoms with Gasteiger partial charge in [-0.1, -0.05) is 48.5 Å². The molecular weight excluding hydrogens is 666 g/mol. The van der Waals surface area contributed by atoms with Crippen molar-refractivity contribution in [2.24, 2.45) is 16.8 Å². The molecule has 0 spiro atoms. The number of hydrogen-bond acceptors (Lipinski definition) is 9. The van der Waals surface area contributed by atoms with Gasteiger partial charge in [0, 0.05) is 26.2 Å². The number of nitrogens with one attached hydrogen (secondary N) is 3. The summed E-state index contributed by atoms with van der Waals surface area (Å²) in [6.45, 7) is 4.89.